The molecule has 2 N–H and O–H groups in total. The summed E-state index contributed by atoms with van der Waals surface area (Å²) in [5.74, 6) is 0.0588. The average molecular weight is 498 g/mol. The van der Waals surface area contributed by atoms with E-state index in [-0.39, 0.29) is 24.8 Å². The van der Waals surface area contributed by atoms with Crippen LogP contribution in [0.5, 0.6) is 5.75 Å². The number of ether oxygens (including phenoxy) is 1. The van der Waals surface area contributed by atoms with Gasteiger partial charge in [-0.2, -0.15) is 0 Å². The molecule has 0 saturated carbocycles. The Kier molecular flexibility index (Phi) is 6.56. The number of nitrogens with one attached hydrogen (secondary N) is 1. The number of hydrogen-bond donors (Lipinski definition) is 2. The maximum atomic E-state index is 12.8. The van der Waals surface area contributed by atoms with Gasteiger partial charge < -0.3 is 24.5 Å². The number of carbonyl (C=O) groups excluding carboxylic acids is 1. The van der Waals surface area contributed by atoms with Gasteiger partial charge in [-0.25, -0.2) is 4.79 Å². The highest BCUT2D eigenvalue weighted by Gasteiger charge is 2.52. The van der Waals surface area contributed by atoms with E-state index in [9.17, 15) is 9.90 Å². The fourth-order valence-corrected chi connectivity index (χ4v) is 4.69. The van der Waals surface area contributed by atoms with Crippen LogP contribution in [0.25, 0.3) is 17.2 Å². The van der Waals surface area contributed by atoms with E-state index in [1.807, 2.05) is 52.0 Å². The van der Waals surface area contributed by atoms with E-state index in [2.05, 4.69) is 34.6 Å². The second kappa shape index (κ2) is 9.69. The third kappa shape index (κ3) is 4.99. The molecule has 0 radical (unpaired) electrons. The van der Waals surface area contributed by atoms with Crippen LogP contribution in [-0.4, -0.2) is 47.7 Å². The first kappa shape index (κ1) is 25.1. The number of alkyl carbamates (subject to hydrolysis) is 1. The SMILES string of the molecule is CC1(C)OB(C(=Cc2ccc(O)cn2)CNC(=O)OCC2c3ccccc3-c3ccccc32)OC1(C)C. The maximum Gasteiger partial charge on any atom is 0.492 e. The molecule has 2 aromatic carbocycles. The van der Waals surface area contributed by atoms with Gasteiger partial charge in [0.1, 0.15) is 12.4 Å². The van der Waals surface area contributed by atoms with Crippen LogP contribution in [0.4, 0.5) is 4.79 Å². The number of aromatic nitrogens is 1. The molecule has 1 aromatic heterocycles. The van der Waals surface area contributed by atoms with E-state index in [1.54, 1.807) is 18.2 Å². The minimum absolute atomic E-state index is 0.0162. The zero-order valence-electron chi connectivity index (χ0n) is 21.5. The maximum absolute atomic E-state index is 12.8. The lowest BCUT2D eigenvalue weighted by Crippen LogP contribution is -2.41. The number of rotatable bonds is 6. The number of hydrogen-bond acceptors (Lipinski definition) is 6. The van der Waals surface area contributed by atoms with Gasteiger partial charge in [-0.05, 0) is 73.6 Å². The normalized spacial score (nSPS) is 17.8. The largest absolute Gasteiger partial charge is 0.506 e. The Hall–Kier alpha value is -3.62. The van der Waals surface area contributed by atoms with Crippen molar-refractivity contribution in [3.05, 3.63) is 89.2 Å². The first-order valence-corrected chi connectivity index (χ1v) is 12.4. The van der Waals surface area contributed by atoms with Crippen molar-refractivity contribution in [3.63, 3.8) is 0 Å². The Bertz CT molecular complexity index is 1270. The molecule has 190 valence electrons. The highest BCUT2D eigenvalue weighted by molar-refractivity contribution is 6.56. The van der Waals surface area contributed by atoms with Crippen molar-refractivity contribution in [3.8, 4) is 16.9 Å². The van der Waals surface area contributed by atoms with Gasteiger partial charge in [-0.1, -0.05) is 48.5 Å². The number of pyridine rings is 1. The molecule has 1 aliphatic carbocycles. The summed E-state index contributed by atoms with van der Waals surface area (Å²) < 4.78 is 18.1. The number of amides is 1. The van der Waals surface area contributed by atoms with Gasteiger partial charge in [0.15, 0.2) is 0 Å². The third-order valence-corrected chi connectivity index (χ3v) is 7.44. The molecule has 5 rings (SSSR count). The Balaban J connectivity index is 1.29. The molecule has 0 atom stereocenters. The first-order valence-electron chi connectivity index (χ1n) is 12.4. The van der Waals surface area contributed by atoms with Crippen molar-refractivity contribution in [2.24, 2.45) is 0 Å². The molecule has 2 aliphatic rings. The lowest BCUT2D eigenvalue weighted by Gasteiger charge is -2.32. The number of carbonyl (C=O) groups is 1. The second-order valence-electron chi connectivity index (χ2n) is 10.4. The topological polar surface area (TPSA) is 89.9 Å². The van der Waals surface area contributed by atoms with Crippen molar-refractivity contribution >= 4 is 19.3 Å². The molecule has 2 heterocycles. The molecule has 1 amide bonds. The predicted molar refractivity (Wildman–Crippen MR) is 143 cm³/mol. The Morgan fingerprint density at radius 2 is 1.59 bits per heavy atom. The predicted octanol–water partition coefficient (Wildman–Crippen LogP) is 5.34. The molecule has 0 unspecified atom stereocenters. The smallest absolute Gasteiger partial charge is 0.492 e. The summed E-state index contributed by atoms with van der Waals surface area (Å²) in [5, 5.41) is 12.4. The summed E-state index contributed by atoms with van der Waals surface area (Å²) in [7, 11) is -0.672. The average Bonchev–Trinajstić information content (AvgIpc) is 3.30. The van der Waals surface area contributed by atoms with E-state index in [1.165, 1.54) is 17.3 Å². The van der Waals surface area contributed by atoms with Crippen LogP contribution in [-0.2, 0) is 14.0 Å². The number of aromatic hydroxyl groups is 1. The highest BCUT2D eigenvalue weighted by atomic mass is 16.7. The lowest BCUT2D eigenvalue weighted by molar-refractivity contribution is 0.00578. The van der Waals surface area contributed by atoms with E-state index in [4.69, 9.17) is 14.0 Å². The molecule has 37 heavy (non-hydrogen) atoms. The monoisotopic (exact) mass is 498 g/mol. The van der Waals surface area contributed by atoms with Crippen molar-refractivity contribution in [2.75, 3.05) is 13.2 Å². The van der Waals surface area contributed by atoms with Gasteiger partial charge in [0.05, 0.1) is 23.1 Å². The van der Waals surface area contributed by atoms with E-state index >= 15 is 0 Å². The quantitative estimate of drug-likeness (QED) is 0.446. The van der Waals surface area contributed by atoms with Gasteiger partial charge >= 0.3 is 13.2 Å². The second-order valence-corrected chi connectivity index (χ2v) is 10.4. The van der Waals surface area contributed by atoms with Crippen LogP contribution in [0, 0.1) is 0 Å². The Morgan fingerprint density at radius 1 is 1.00 bits per heavy atom. The molecular formula is C29H31BN2O5. The molecule has 3 aromatic rings. The molecular weight excluding hydrogens is 467 g/mol. The number of nitrogens with zero attached hydrogens (tertiary/aromatic N) is 1. The summed E-state index contributed by atoms with van der Waals surface area (Å²) in [6.45, 7) is 8.28. The lowest BCUT2D eigenvalue weighted by atomic mass is 9.77. The summed E-state index contributed by atoms with van der Waals surface area (Å²) in [5.41, 5.74) is 4.90. The fraction of sp³-hybridized carbons (Fsp3) is 0.310. The summed E-state index contributed by atoms with van der Waals surface area (Å²) in [6.07, 6.45) is 2.64. The molecule has 0 spiro atoms. The molecule has 1 aliphatic heterocycles. The minimum Gasteiger partial charge on any atom is -0.506 e. The van der Waals surface area contributed by atoms with Crippen molar-refractivity contribution < 1.29 is 23.9 Å². The number of benzene rings is 2. The van der Waals surface area contributed by atoms with Gasteiger partial charge in [0.2, 0.25) is 0 Å². The van der Waals surface area contributed by atoms with E-state index < -0.39 is 24.4 Å². The standard InChI is InChI=1S/C29H31BN2O5/c1-28(2)29(3,4)37-30(36-28)19(15-20-13-14-21(33)17-31-20)16-32-27(34)35-18-26-24-11-7-5-9-22(24)23-10-6-8-12-25(23)26/h5-15,17,26,33H,16,18H2,1-4H3,(H,32,34). The van der Waals surface area contributed by atoms with Gasteiger partial charge in [-0.3, -0.25) is 4.98 Å². The van der Waals surface area contributed by atoms with Crippen LogP contribution in [0.15, 0.2) is 72.3 Å². The summed E-state index contributed by atoms with van der Waals surface area (Å²) >= 11 is 0. The molecule has 0 bridgehead atoms. The zero-order chi connectivity index (χ0) is 26.2. The summed E-state index contributed by atoms with van der Waals surface area (Å²) in [6, 6.07) is 19.7. The fourth-order valence-electron chi connectivity index (χ4n) is 4.69. The highest BCUT2D eigenvalue weighted by Crippen LogP contribution is 2.44. The molecule has 7 nitrogen and oxygen atoms in total. The Labute approximate surface area is 217 Å². The van der Waals surface area contributed by atoms with Crippen LogP contribution >= 0.6 is 0 Å². The third-order valence-electron chi connectivity index (χ3n) is 7.44. The van der Waals surface area contributed by atoms with E-state index in [0.717, 1.165) is 11.1 Å². The molecule has 1 saturated heterocycles. The molecule has 8 heteroatoms. The van der Waals surface area contributed by atoms with Gasteiger partial charge in [0, 0.05) is 12.5 Å². The van der Waals surface area contributed by atoms with Crippen LogP contribution in [0.2, 0.25) is 0 Å². The van der Waals surface area contributed by atoms with Crippen molar-refractivity contribution in [1.29, 1.82) is 0 Å². The Morgan fingerprint density at radius 3 is 2.16 bits per heavy atom. The van der Waals surface area contributed by atoms with Crippen molar-refractivity contribution in [1.82, 2.24) is 10.3 Å². The van der Waals surface area contributed by atoms with Crippen LogP contribution < -0.4 is 5.32 Å². The molecule has 1 fully saturated rings. The van der Waals surface area contributed by atoms with Gasteiger partial charge in [0.25, 0.3) is 0 Å². The zero-order valence-corrected chi connectivity index (χ0v) is 21.5. The van der Waals surface area contributed by atoms with Crippen molar-refractivity contribution in [2.45, 2.75) is 44.8 Å². The minimum atomic E-state index is -0.672. The summed E-state index contributed by atoms with van der Waals surface area (Å²) in [4.78, 5) is 17.0. The van der Waals surface area contributed by atoms with E-state index in [0.29, 0.717) is 11.2 Å². The van der Waals surface area contributed by atoms with Crippen LogP contribution in [0.3, 0.4) is 0 Å². The first-order chi connectivity index (χ1) is 17.6. The van der Waals surface area contributed by atoms with Crippen LogP contribution in [0.1, 0.15) is 50.4 Å². The number of fused-ring (bicyclic) bond motifs is 3. The van der Waals surface area contributed by atoms with Gasteiger partial charge in [-0.15, -0.1) is 0 Å².